The van der Waals surface area contributed by atoms with E-state index in [2.05, 4.69) is 16.0 Å². The average Bonchev–Trinajstić information content (AvgIpc) is 2.57. The fourth-order valence-electron chi connectivity index (χ4n) is 3.38. The van der Waals surface area contributed by atoms with Crippen LogP contribution in [0.25, 0.3) is 0 Å². The molecule has 2 fully saturated rings. The molecule has 2 aliphatic heterocycles. The second kappa shape index (κ2) is 7.17. The molecule has 0 aromatic heterocycles. The largest absolute Gasteiger partial charge is 0.496 e. The molecule has 2 amide bonds. The molecule has 0 bridgehead atoms. The van der Waals surface area contributed by atoms with Gasteiger partial charge >= 0.3 is 0 Å². The van der Waals surface area contributed by atoms with Gasteiger partial charge in [-0.3, -0.25) is 14.9 Å². The summed E-state index contributed by atoms with van der Waals surface area (Å²) < 4.78 is 20.1. The molecule has 1 aromatic carbocycles. The Morgan fingerprint density at radius 1 is 1.21 bits per heavy atom. The minimum atomic E-state index is -0.545. The highest BCUT2D eigenvalue weighted by molar-refractivity contribution is 6.01. The van der Waals surface area contributed by atoms with E-state index in [9.17, 15) is 14.0 Å². The van der Waals surface area contributed by atoms with Crippen molar-refractivity contribution < 1.29 is 18.7 Å². The van der Waals surface area contributed by atoms with Crippen LogP contribution in [0.3, 0.4) is 0 Å². The number of nitrogens with one attached hydrogen (secondary N) is 3. The Morgan fingerprint density at radius 3 is 2.62 bits per heavy atom. The smallest absolute Gasteiger partial charge is 0.249 e. The van der Waals surface area contributed by atoms with Crippen LogP contribution < -0.4 is 20.7 Å². The predicted octanol–water partition coefficient (Wildman–Crippen LogP) is 1.52. The predicted molar refractivity (Wildman–Crippen MR) is 87.6 cm³/mol. The van der Waals surface area contributed by atoms with E-state index in [0.29, 0.717) is 23.4 Å². The van der Waals surface area contributed by atoms with Crippen molar-refractivity contribution in [2.75, 3.05) is 25.5 Å². The van der Waals surface area contributed by atoms with E-state index < -0.39 is 6.04 Å². The number of ether oxygens (including phenoxy) is 1. The van der Waals surface area contributed by atoms with Crippen LogP contribution in [0, 0.1) is 5.82 Å². The van der Waals surface area contributed by atoms with Crippen LogP contribution in [0.1, 0.15) is 37.2 Å². The van der Waals surface area contributed by atoms with Crippen LogP contribution in [-0.4, -0.2) is 38.1 Å². The van der Waals surface area contributed by atoms with Gasteiger partial charge in [0.05, 0.1) is 7.11 Å². The second-order valence-corrected chi connectivity index (χ2v) is 6.25. The van der Waals surface area contributed by atoms with E-state index >= 15 is 0 Å². The summed E-state index contributed by atoms with van der Waals surface area (Å²) in [7, 11) is 1.52. The van der Waals surface area contributed by atoms with Gasteiger partial charge in [0.1, 0.15) is 17.6 Å². The average molecular weight is 335 g/mol. The van der Waals surface area contributed by atoms with Gasteiger partial charge in [0.15, 0.2) is 0 Å². The number of piperidine rings is 2. The minimum absolute atomic E-state index is 0.130. The van der Waals surface area contributed by atoms with Gasteiger partial charge in [0, 0.05) is 23.7 Å². The quantitative estimate of drug-likeness (QED) is 0.727. The van der Waals surface area contributed by atoms with E-state index in [1.807, 2.05) is 0 Å². The van der Waals surface area contributed by atoms with Gasteiger partial charge in [-0.1, -0.05) is 0 Å². The first-order valence-corrected chi connectivity index (χ1v) is 8.27. The van der Waals surface area contributed by atoms with Gasteiger partial charge in [-0.25, -0.2) is 4.39 Å². The van der Waals surface area contributed by atoms with Gasteiger partial charge in [-0.2, -0.15) is 0 Å². The van der Waals surface area contributed by atoms with E-state index in [0.717, 1.165) is 25.9 Å². The third-order valence-electron chi connectivity index (χ3n) is 4.64. The van der Waals surface area contributed by atoms with Crippen molar-refractivity contribution in [1.29, 1.82) is 0 Å². The number of carbonyl (C=O) groups excluding carboxylic acids is 2. The van der Waals surface area contributed by atoms with Gasteiger partial charge in [0.25, 0.3) is 0 Å². The molecule has 2 heterocycles. The maximum absolute atomic E-state index is 14.7. The fraction of sp³-hybridized carbons (Fsp3) is 0.529. The number of anilines is 1. The molecule has 2 aliphatic rings. The topological polar surface area (TPSA) is 79.5 Å². The summed E-state index contributed by atoms with van der Waals surface area (Å²) in [6.07, 6.45) is 2.40. The lowest BCUT2D eigenvalue weighted by Gasteiger charge is -2.27. The van der Waals surface area contributed by atoms with Crippen molar-refractivity contribution in [3.8, 4) is 5.75 Å². The standard InChI is InChI=1S/C17H22FN3O3/c1-24-14-9-11(20-13-2-3-15(22)21-17(13)23)8-12(18)16(14)10-4-6-19-7-5-10/h8-10,13,19-20H,2-7H2,1H3,(H,21,22,23). The van der Waals surface area contributed by atoms with Crippen LogP contribution in [0.4, 0.5) is 10.1 Å². The van der Waals surface area contributed by atoms with Crippen LogP contribution in [0.15, 0.2) is 12.1 Å². The summed E-state index contributed by atoms with van der Waals surface area (Å²) in [5.41, 5.74) is 1.09. The Labute approximate surface area is 140 Å². The number of carbonyl (C=O) groups is 2. The van der Waals surface area contributed by atoms with E-state index in [-0.39, 0.29) is 30.0 Å². The number of benzene rings is 1. The molecular weight excluding hydrogens is 313 g/mol. The van der Waals surface area contributed by atoms with Gasteiger partial charge in [-0.15, -0.1) is 0 Å². The van der Waals surface area contributed by atoms with E-state index in [4.69, 9.17) is 4.74 Å². The molecule has 0 saturated carbocycles. The third-order valence-corrected chi connectivity index (χ3v) is 4.64. The van der Waals surface area contributed by atoms with Crippen molar-refractivity contribution >= 4 is 17.5 Å². The maximum atomic E-state index is 14.7. The zero-order valence-electron chi connectivity index (χ0n) is 13.7. The first-order valence-electron chi connectivity index (χ1n) is 8.27. The normalized spacial score (nSPS) is 22.2. The summed E-state index contributed by atoms with van der Waals surface area (Å²) in [6.45, 7) is 1.73. The summed E-state index contributed by atoms with van der Waals surface area (Å²) in [4.78, 5) is 23.0. The van der Waals surface area contributed by atoms with Crippen molar-refractivity contribution in [1.82, 2.24) is 10.6 Å². The molecular formula is C17H22FN3O3. The van der Waals surface area contributed by atoms with Crippen molar-refractivity contribution in [2.45, 2.75) is 37.6 Å². The zero-order valence-corrected chi connectivity index (χ0v) is 13.7. The Kier molecular flexibility index (Phi) is 4.99. The lowest BCUT2D eigenvalue weighted by atomic mass is 9.89. The molecule has 1 aromatic rings. The molecule has 3 N–H and O–H groups in total. The lowest BCUT2D eigenvalue weighted by molar-refractivity contribution is -0.133. The monoisotopic (exact) mass is 335 g/mol. The number of halogens is 1. The van der Waals surface area contributed by atoms with Crippen molar-refractivity contribution in [3.05, 3.63) is 23.5 Å². The summed E-state index contributed by atoms with van der Waals surface area (Å²) in [6, 6.07) is 2.59. The Hall–Kier alpha value is -2.15. The molecule has 130 valence electrons. The molecule has 1 unspecified atom stereocenters. The molecule has 0 aliphatic carbocycles. The molecule has 7 heteroatoms. The fourth-order valence-corrected chi connectivity index (χ4v) is 3.38. The first kappa shape index (κ1) is 16.7. The van der Waals surface area contributed by atoms with Gasteiger partial charge in [0.2, 0.25) is 11.8 Å². The SMILES string of the molecule is COc1cc(NC2CCC(=O)NC2=O)cc(F)c1C1CCNCC1. The molecule has 2 saturated heterocycles. The van der Waals surface area contributed by atoms with E-state index in [1.54, 1.807) is 6.07 Å². The molecule has 3 rings (SSSR count). The molecule has 1 atom stereocenters. The lowest BCUT2D eigenvalue weighted by Crippen LogP contribution is -2.47. The maximum Gasteiger partial charge on any atom is 0.249 e. The number of imide groups is 1. The highest BCUT2D eigenvalue weighted by Crippen LogP contribution is 2.37. The molecule has 0 radical (unpaired) electrons. The first-order chi connectivity index (χ1) is 11.6. The van der Waals surface area contributed by atoms with Crippen LogP contribution >= 0.6 is 0 Å². The summed E-state index contributed by atoms with van der Waals surface area (Å²) in [5.74, 6) is -0.352. The minimum Gasteiger partial charge on any atom is -0.496 e. The Morgan fingerprint density at radius 2 is 1.96 bits per heavy atom. The number of rotatable bonds is 4. The molecule has 6 nitrogen and oxygen atoms in total. The van der Waals surface area contributed by atoms with E-state index in [1.165, 1.54) is 13.2 Å². The van der Waals surface area contributed by atoms with Gasteiger partial charge < -0.3 is 15.4 Å². The molecule has 0 spiro atoms. The van der Waals surface area contributed by atoms with Gasteiger partial charge in [-0.05, 0) is 44.3 Å². The summed E-state index contributed by atoms with van der Waals surface area (Å²) in [5, 5.41) is 8.55. The second-order valence-electron chi connectivity index (χ2n) is 6.25. The Balaban J connectivity index is 1.81. The van der Waals surface area contributed by atoms with Crippen LogP contribution in [0.5, 0.6) is 5.75 Å². The third kappa shape index (κ3) is 3.51. The van der Waals surface area contributed by atoms with Crippen LogP contribution in [-0.2, 0) is 9.59 Å². The number of hydrogen-bond donors (Lipinski definition) is 3. The highest BCUT2D eigenvalue weighted by Gasteiger charge is 2.28. The number of methoxy groups -OCH3 is 1. The van der Waals surface area contributed by atoms with Crippen molar-refractivity contribution in [3.63, 3.8) is 0 Å². The van der Waals surface area contributed by atoms with Crippen LogP contribution in [0.2, 0.25) is 0 Å². The van der Waals surface area contributed by atoms with Crippen molar-refractivity contribution in [2.24, 2.45) is 0 Å². The summed E-state index contributed by atoms with van der Waals surface area (Å²) >= 11 is 0. The number of hydrogen-bond acceptors (Lipinski definition) is 5. The molecule has 24 heavy (non-hydrogen) atoms. The number of amides is 2. The Bertz CT molecular complexity index is 644. The zero-order chi connectivity index (χ0) is 17.1. The highest BCUT2D eigenvalue weighted by atomic mass is 19.1.